The number of anilines is 2. The van der Waals surface area contributed by atoms with E-state index in [4.69, 9.17) is 15.2 Å². The molecule has 40 heavy (non-hydrogen) atoms. The van der Waals surface area contributed by atoms with Gasteiger partial charge in [0.05, 0.1) is 18.5 Å². The van der Waals surface area contributed by atoms with Crippen molar-refractivity contribution in [2.75, 3.05) is 37.4 Å². The van der Waals surface area contributed by atoms with E-state index in [0.717, 1.165) is 0 Å². The predicted molar refractivity (Wildman–Crippen MR) is 139 cm³/mol. The van der Waals surface area contributed by atoms with Crippen LogP contribution in [0.3, 0.4) is 0 Å². The largest absolute Gasteiger partial charge is 0.497 e. The molecule has 214 valence electrons. The molecule has 11 nitrogen and oxygen atoms in total. The lowest BCUT2D eigenvalue weighted by Gasteiger charge is -2.39. The van der Waals surface area contributed by atoms with E-state index in [2.05, 4.69) is 20.4 Å². The lowest BCUT2D eigenvalue weighted by molar-refractivity contribution is -0.198. The Kier molecular flexibility index (Phi) is 7.21. The number of alkyl halides is 3. The van der Waals surface area contributed by atoms with Crippen LogP contribution in [0.1, 0.15) is 36.6 Å². The van der Waals surface area contributed by atoms with Crippen LogP contribution in [0.4, 0.5) is 24.9 Å². The first kappa shape index (κ1) is 27.5. The van der Waals surface area contributed by atoms with Gasteiger partial charge >= 0.3 is 12.1 Å². The third-order valence-corrected chi connectivity index (χ3v) is 7.54. The maximum Gasteiger partial charge on any atom is 0.429 e. The van der Waals surface area contributed by atoms with Crippen LogP contribution in [0.2, 0.25) is 0 Å². The maximum atomic E-state index is 14.5. The number of carbonyl (C=O) groups is 1. The summed E-state index contributed by atoms with van der Waals surface area (Å²) in [6, 6.07) is 6.62. The highest BCUT2D eigenvalue weighted by Gasteiger charge is 2.46. The summed E-state index contributed by atoms with van der Waals surface area (Å²) in [5.41, 5.74) is 6.34. The van der Waals surface area contributed by atoms with Crippen LogP contribution < -0.4 is 25.4 Å². The van der Waals surface area contributed by atoms with E-state index in [-0.39, 0.29) is 28.5 Å². The Balaban J connectivity index is 1.41. The molecule has 0 saturated carbocycles. The monoisotopic (exact) mass is 561 g/mol. The third-order valence-electron chi connectivity index (χ3n) is 7.54. The van der Waals surface area contributed by atoms with Crippen molar-refractivity contribution in [1.82, 2.24) is 25.1 Å². The lowest BCUT2D eigenvalue weighted by Crippen LogP contribution is -2.41. The number of carboxylic acid groups (broad SMARTS) is 1. The molecule has 2 aliphatic heterocycles. The molecule has 4 heterocycles. The number of aliphatic carboxylic acids is 1. The fourth-order valence-corrected chi connectivity index (χ4v) is 5.38. The van der Waals surface area contributed by atoms with E-state index in [1.54, 1.807) is 19.2 Å². The molecule has 0 aliphatic carbocycles. The zero-order valence-corrected chi connectivity index (χ0v) is 22.0. The number of hydrogen-bond donors (Lipinski definition) is 3. The Labute approximate surface area is 228 Å². The number of carboxylic acids is 1. The van der Waals surface area contributed by atoms with Crippen LogP contribution >= 0.6 is 0 Å². The van der Waals surface area contributed by atoms with Crippen molar-refractivity contribution in [3.8, 4) is 17.3 Å². The number of methoxy groups -OCH3 is 1. The molecule has 0 amide bonds. The molecule has 3 aromatic rings. The molecule has 2 atom stereocenters. The Bertz CT molecular complexity index is 1390. The SMILES string of the molecule is COc1ccc(C(Oc2cc(N3CCC4(CC3)CN[C@H](C(=O)O)C4)nc(N)n2)C(F)(F)F)c(-n2ccc(C)n2)c1. The van der Waals surface area contributed by atoms with Crippen LogP contribution in [0, 0.1) is 12.3 Å². The Morgan fingerprint density at radius 1 is 1.23 bits per heavy atom. The number of nitrogens with zero attached hydrogens (tertiary/aromatic N) is 5. The van der Waals surface area contributed by atoms with Gasteiger partial charge in [-0.25, -0.2) is 4.68 Å². The van der Waals surface area contributed by atoms with Gasteiger partial charge in [0.1, 0.15) is 17.6 Å². The minimum absolute atomic E-state index is 0.142. The molecule has 1 aromatic carbocycles. The summed E-state index contributed by atoms with van der Waals surface area (Å²) >= 11 is 0. The van der Waals surface area contributed by atoms with E-state index in [1.807, 2.05) is 4.90 Å². The highest BCUT2D eigenvalue weighted by Crippen LogP contribution is 2.42. The van der Waals surface area contributed by atoms with Gasteiger partial charge in [-0.2, -0.15) is 28.2 Å². The lowest BCUT2D eigenvalue weighted by atomic mass is 9.76. The summed E-state index contributed by atoms with van der Waals surface area (Å²) < 4.78 is 55.5. The molecule has 5 rings (SSSR count). The number of nitrogens with one attached hydrogen (secondary N) is 1. The van der Waals surface area contributed by atoms with Gasteiger partial charge < -0.3 is 30.5 Å². The number of ether oxygens (including phenoxy) is 2. The summed E-state index contributed by atoms with van der Waals surface area (Å²) in [6.07, 6.45) is -3.70. The first-order valence-corrected chi connectivity index (χ1v) is 12.8. The number of aromatic nitrogens is 4. The van der Waals surface area contributed by atoms with E-state index >= 15 is 0 Å². The fourth-order valence-electron chi connectivity index (χ4n) is 5.38. The molecule has 2 aromatic heterocycles. The van der Waals surface area contributed by atoms with Crippen molar-refractivity contribution in [2.45, 2.75) is 44.5 Å². The highest BCUT2D eigenvalue weighted by molar-refractivity contribution is 5.74. The molecule has 1 unspecified atom stereocenters. The van der Waals surface area contributed by atoms with Crippen LogP contribution in [0.5, 0.6) is 11.6 Å². The standard InChI is InChI=1S/C26H30F3N7O4/c1-15-5-8-36(34-15)19-11-16(39-2)3-4-17(19)22(26(27,28)29)40-21-12-20(32-24(30)33-21)35-9-6-25(7-10-35)13-18(23(37)38)31-14-25/h3-5,8,11-12,18,22,31H,6-7,9-10,13-14H2,1-2H3,(H,37,38)(H2,30,32,33)/t18-,22?/m0/s1. The van der Waals surface area contributed by atoms with Gasteiger partial charge in [0.15, 0.2) is 0 Å². The molecular weight excluding hydrogens is 531 g/mol. The van der Waals surface area contributed by atoms with E-state index < -0.39 is 24.3 Å². The summed E-state index contributed by atoms with van der Waals surface area (Å²) in [5.74, 6) is -0.712. The second-order valence-electron chi connectivity index (χ2n) is 10.3. The normalized spacial score (nSPS) is 19.5. The Morgan fingerprint density at radius 2 is 1.98 bits per heavy atom. The Morgan fingerprint density at radius 3 is 2.58 bits per heavy atom. The molecular formula is C26H30F3N7O4. The second kappa shape index (κ2) is 10.5. The van der Waals surface area contributed by atoms with Crippen LogP contribution in [0.25, 0.3) is 5.69 Å². The molecule has 2 saturated heterocycles. The molecule has 14 heteroatoms. The minimum atomic E-state index is -4.81. The molecule has 4 N–H and O–H groups in total. The van der Waals surface area contributed by atoms with Crippen molar-refractivity contribution in [3.63, 3.8) is 0 Å². The zero-order valence-electron chi connectivity index (χ0n) is 22.0. The summed E-state index contributed by atoms with van der Waals surface area (Å²) in [5, 5.41) is 16.7. The molecule has 2 fully saturated rings. The van der Waals surface area contributed by atoms with Gasteiger partial charge in [-0.1, -0.05) is 0 Å². The summed E-state index contributed by atoms with van der Waals surface area (Å²) in [6.45, 7) is 3.41. The molecule has 0 radical (unpaired) electrons. The predicted octanol–water partition coefficient (Wildman–Crippen LogP) is 3.28. The smallest absolute Gasteiger partial charge is 0.429 e. The quantitative estimate of drug-likeness (QED) is 0.394. The van der Waals surface area contributed by atoms with Crippen LogP contribution in [0.15, 0.2) is 36.5 Å². The third kappa shape index (κ3) is 5.62. The van der Waals surface area contributed by atoms with E-state index in [9.17, 15) is 23.1 Å². The van der Waals surface area contributed by atoms with Gasteiger partial charge in [0.25, 0.3) is 0 Å². The van der Waals surface area contributed by atoms with Crippen molar-refractivity contribution in [2.24, 2.45) is 5.41 Å². The summed E-state index contributed by atoms with van der Waals surface area (Å²) in [4.78, 5) is 21.5. The zero-order chi connectivity index (χ0) is 28.7. The number of aryl methyl sites for hydroxylation is 1. The summed E-state index contributed by atoms with van der Waals surface area (Å²) in [7, 11) is 1.42. The number of nitrogens with two attached hydrogens (primary N) is 1. The van der Waals surface area contributed by atoms with Gasteiger partial charge in [-0.15, -0.1) is 0 Å². The first-order chi connectivity index (χ1) is 19.0. The van der Waals surface area contributed by atoms with E-state index in [0.29, 0.717) is 56.2 Å². The number of piperidine rings is 1. The minimum Gasteiger partial charge on any atom is -0.497 e. The van der Waals surface area contributed by atoms with Gasteiger partial charge in [0, 0.05) is 43.5 Å². The number of rotatable bonds is 7. The van der Waals surface area contributed by atoms with Crippen LogP contribution in [-0.2, 0) is 4.79 Å². The van der Waals surface area contributed by atoms with Crippen LogP contribution in [-0.4, -0.2) is 69.8 Å². The van der Waals surface area contributed by atoms with Crippen molar-refractivity contribution >= 4 is 17.7 Å². The number of halogens is 3. The van der Waals surface area contributed by atoms with Gasteiger partial charge in [-0.05, 0) is 49.8 Å². The number of nitrogen functional groups attached to an aromatic ring is 1. The van der Waals surface area contributed by atoms with Gasteiger partial charge in [0.2, 0.25) is 17.9 Å². The van der Waals surface area contributed by atoms with Gasteiger partial charge in [-0.3, -0.25) is 4.79 Å². The molecule has 2 aliphatic rings. The maximum absolute atomic E-state index is 14.5. The second-order valence-corrected chi connectivity index (χ2v) is 10.3. The number of hydrogen-bond acceptors (Lipinski definition) is 9. The first-order valence-electron chi connectivity index (χ1n) is 12.8. The average Bonchev–Trinajstić information content (AvgIpc) is 3.53. The fraction of sp³-hybridized carbons (Fsp3) is 0.462. The van der Waals surface area contributed by atoms with Crippen molar-refractivity contribution in [3.05, 3.63) is 47.8 Å². The number of benzene rings is 1. The topological polar surface area (TPSA) is 141 Å². The van der Waals surface area contributed by atoms with Crippen molar-refractivity contribution < 1.29 is 32.5 Å². The molecule has 0 bridgehead atoms. The average molecular weight is 562 g/mol. The van der Waals surface area contributed by atoms with E-state index in [1.165, 1.54) is 36.1 Å². The molecule has 1 spiro atoms. The highest BCUT2D eigenvalue weighted by atomic mass is 19.4. The van der Waals surface area contributed by atoms with Crippen molar-refractivity contribution in [1.29, 1.82) is 0 Å². The Hall–Kier alpha value is -4.07.